The van der Waals surface area contributed by atoms with Crippen LogP contribution in [-0.2, 0) is 21.4 Å². The van der Waals surface area contributed by atoms with Crippen LogP contribution in [0.4, 0.5) is 0 Å². The van der Waals surface area contributed by atoms with E-state index >= 15 is 0 Å². The highest BCUT2D eigenvalue weighted by molar-refractivity contribution is 7.89. The highest BCUT2D eigenvalue weighted by Gasteiger charge is 2.16. The van der Waals surface area contributed by atoms with E-state index in [9.17, 15) is 13.2 Å². The minimum atomic E-state index is -3.64. The number of carbonyl (C=O) groups excluding carboxylic acids is 1. The van der Waals surface area contributed by atoms with Crippen LogP contribution in [-0.4, -0.2) is 38.9 Å². The number of hydrogen-bond donors (Lipinski definition) is 1. The first kappa shape index (κ1) is 20.9. The van der Waals surface area contributed by atoms with Gasteiger partial charge in [-0.15, -0.1) is 0 Å². The number of carbonyl (C=O) groups is 1. The zero-order valence-electron chi connectivity index (χ0n) is 15.9. The van der Waals surface area contributed by atoms with Gasteiger partial charge < -0.3 is 9.64 Å². The number of nitrogens with zero attached hydrogens (tertiary/aromatic N) is 1. The SMILES string of the molecule is CCOc1ccc(S(=O)(=O)NCCN(Cc2ccccc2C)C(C)=O)cc1. The number of rotatable bonds is 9. The van der Waals surface area contributed by atoms with Gasteiger partial charge in [-0.2, -0.15) is 0 Å². The Hall–Kier alpha value is -2.38. The van der Waals surface area contributed by atoms with Gasteiger partial charge in [-0.1, -0.05) is 24.3 Å². The maximum Gasteiger partial charge on any atom is 0.240 e. The summed E-state index contributed by atoms with van der Waals surface area (Å²) in [4.78, 5) is 13.7. The average molecular weight is 391 g/mol. The van der Waals surface area contributed by atoms with Crippen molar-refractivity contribution in [1.82, 2.24) is 9.62 Å². The second-order valence-electron chi connectivity index (χ2n) is 6.17. The summed E-state index contributed by atoms with van der Waals surface area (Å²) >= 11 is 0. The van der Waals surface area contributed by atoms with Gasteiger partial charge in [-0.3, -0.25) is 4.79 Å². The van der Waals surface area contributed by atoms with E-state index in [1.54, 1.807) is 17.0 Å². The van der Waals surface area contributed by atoms with Crippen molar-refractivity contribution in [2.45, 2.75) is 32.2 Å². The molecular weight excluding hydrogens is 364 g/mol. The Labute approximate surface area is 161 Å². The molecule has 0 aromatic heterocycles. The summed E-state index contributed by atoms with van der Waals surface area (Å²) in [5.41, 5.74) is 2.14. The van der Waals surface area contributed by atoms with Crippen molar-refractivity contribution < 1.29 is 17.9 Å². The van der Waals surface area contributed by atoms with Gasteiger partial charge in [0.2, 0.25) is 15.9 Å². The standard InChI is InChI=1S/C20H26N2O4S/c1-4-26-19-9-11-20(12-10-19)27(24,25)21-13-14-22(17(3)23)15-18-8-6-5-7-16(18)2/h5-12,21H,4,13-15H2,1-3H3. The Morgan fingerprint density at radius 2 is 1.78 bits per heavy atom. The van der Waals surface area contributed by atoms with Gasteiger partial charge in [0.25, 0.3) is 0 Å². The number of hydrogen-bond acceptors (Lipinski definition) is 4. The van der Waals surface area contributed by atoms with Gasteiger partial charge in [0.1, 0.15) is 5.75 Å². The number of nitrogens with one attached hydrogen (secondary N) is 1. The van der Waals surface area contributed by atoms with Crippen LogP contribution in [0.5, 0.6) is 5.75 Å². The molecule has 0 aliphatic rings. The molecule has 0 heterocycles. The lowest BCUT2D eigenvalue weighted by Crippen LogP contribution is -2.37. The predicted octanol–water partition coefficient (Wildman–Crippen LogP) is 2.72. The Bertz CT molecular complexity index is 864. The summed E-state index contributed by atoms with van der Waals surface area (Å²) in [6.07, 6.45) is 0. The first-order chi connectivity index (χ1) is 12.8. The van der Waals surface area contributed by atoms with Crippen molar-refractivity contribution in [3.05, 3.63) is 59.7 Å². The van der Waals surface area contributed by atoms with Crippen LogP contribution >= 0.6 is 0 Å². The van der Waals surface area contributed by atoms with Gasteiger partial charge >= 0.3 is 0 Å². The van der Waals surface area contributed by atoms with E-state index < -0.39 is 10.0 Å². The molecular formula is C20H26N2O4S. The summed E-state index contributed by atoms with van der Waals surface area (Å²) in [5, 5.41) is 0. The monoisotopic (exact) mass is 390 g/mol. The van der Waals surface area contributed by atoms with Crippen molar-refractivity contribution in [3.63, 3.8) is 0 Å². The first-order valence-corrected chi connectivity index (χ1v) is 10.3. The topological polar surface area (TPSA) is 75.7 Å². The van der Waals surface area contributed by atoms with Crippen LogP contribution < -0.4 is 9.46 Å². The van der Waals surface area contributed by atoms with Crippen molar-refractivity contribution in [3.8, 4) is 5.75 Å². The van der Waals surface area contributed by atoms with Crippen LogP contribution in [0, 0.1) is 6.92 Å². The summed E-state index contributed by atoms with van der Waals surface area (Å²) in [6.45, 7) is 6.74. The summed E-state index contributed by atoms with van der Waals surface area (Å²) in [7, 11) is -3.64. The van der Waals surface area contributed by atoms with Crippen LogP contribution in [0.25, 0.3) is 0 Å². The third-order valence-corrected chi connectivity index (χ3v) is 5.66. The van der Waals surface area contributed by atoms with Gasteiger partial charge in [-0.25, -0.2) is 13.1 Å². The number of ether oxygens (including phenoxy) is 1. The second-order valence-corrected chi connectivity index (χ2v) is 7.94. The fourth-order valence-electron chi connectivity index (χ4n) is 2.62. The van der Waals surface area contributed by atoms with Gasteiger partial charge in [0.05, 0.1) is 11.5 Å². The lowest BCUT2D eigenvalue weighted by molar-refractivity contribution is -0.129. The number of aryl methyl sites for hydroxylation is 1. The van der Waals surface area contributed by atoms with E-state index in [1.807, 2.05) is 38.1 Å². The van der Waals surface area contributed by atoms with Gasteiger partial charge in [0.15, 0.2) is 0 Å². The molecule has 0 fully saturated rings. The van der Waals surface area contributed by atoms with Gasteiger partial charge in [0, 0.05) is 26.6 Å². The zero-order valence-corrected chi connectivity index (χ0v) is 16.8. The number of benzene rings is 2. The minimum absolute atomic E-state index is 0.0986. The molecule has 2 aromatic carbocycles. The predicted molar refractivity (Wildman–Crippen MR) is 105 cm³/mol. The van der Waals surface area contributed by atoms with Crippen LogP contribution in [0.3, 0.4) is 0 Å². The molecule has 2 aromatic rings. The van der Waals surface area contributed by atoms with E-state index in [4.69, 9.17) is 4.74 Å². The normalized spacial score (nSPS) is 11.2. The molecule has 0 aliphatic heterocycles. The van der Waals surface area contributed by atoms with Crippen LogP contribution in [0.1, 0.15) is 25.0 Å². The van der Waals surface area contributed by atoms with Crippen molar-refractivity contribution in [2.24, 2.45) is 0 Å². The van der Waals surface area contributed by atoms with E-state index in [0.29, 0.717) is 25.4 Å². The molecule has 1 amide bonds. The molecule has 0 bridgehead atoms. The second kappa shape index (κ2) is 9.53. The minimum Gasteiger partial charge on any atom is -0.494 e. The Morgan fingerprint density at radius 1 is 1.11 bits per heavy atom. The quantitative estimate of drug-likeness (QED) is 0.714. The molecule has 0 radical (unpaired) electrons. The van der Waals surface area contributed by atoms with E-state index in [-0.39, 0.29) is 17.3 Å². The van der Waals surface area contributed by atoms with E-state index in [0.717, 1.165) is 11.1 Å². The van der Waals surface area contributed by atoms with Crippen molar-refractivity contribution >= 4 is 15.9 Å². The van der Waals surface area contributed by atoms with Crippen LogP contribution in [0.2, 0.25) is 0 Å². The Morgan fingerprint density at radius 3 is 2.37 bits per heavy atom. The fourth-order valence-corrected chi connectivity index (χ4v) is 3.64. The lowest BCUT2D eigenvalue weighted by Gasteiger charge is -2.22. The molecule has 27 heavy (non-hydrogen) atoms. The summed E-state index contributed by atoms with van der Waals surface area (Å²) in [6, 6.07) is 14.1. The molecule has 2 rings (SSSR count). The Balaban J connectivity index is 1.97. The molecule has 0 atom stereocenters. The average Bonchev–Trinajstić information content (AvgIpc) is 2.63. The maximum absolute atomic E-state index is 12.4. The molecule has 0 unspecified atom stereocenters. The number of sulfonamides is 1. The number of amides is 1. The molecule has 0 spiro atoms. The Kier molecular flexibility index (Phi) is 7.38. The highest BCUT2D eigenvalue weighted by atomic mass is 32.2. The lowest BCUT2D eigenvalue weighted by atomic mass is 10.1. The summed E-state index contributed by atoms with van der Waals surface area (Å²) in [5.74, 6) is 0.524. The van der Waals surface area contributed by atoms with Gasteiger partial charge in [-0.05, 0) is 49.2 Å². The van der Waals surface area contributed by atoms with E-state index in [2.05, 4.69) is 4.72 Å². The maximum atomic E-state index is 12.4. The van der Waals surface area contributed by atoms with E-state index in [1.165, 1.54) is 19.1 Å². The van der Waals surface area contributed by atoms with Crippen LogP contribution in [0.15, 0.2) is 53.4 Å². The zero-order chi connectivity index (χ0) is 19.9. The summed E-state index contributed by atoms with van der Waals surface area (Å²) < 4.78 is 32.7. The fraction of sp³-hybridized carbons (Fsp3) is 0.350. The largest absolute Gasteiger partial charge is 0.494 e. The molecule has 0 saturated heterocycles. The first-order valence-electron chi connectivity index (χ1n) is 8.86. The molecule has 6 nitrogen and oxygen atoms in total. The smallest absolute Gasteiger partial charge is 0.240 e. The molecule has 0 aliphatic carbocycles. The third kappa shape index (κ3) is 6.08. The van der Waals surface area contributed by atoms with Crippen molar-refractivity contribution in [2.75, 3.05) is 19.7 Å². The molecule has 1 N–H and O–H groups in total. The third-order valence-electron chi connectivity index (χ3n) is 4.19. The molecule has 0 saturated carbocycles. The highest BCUT2D eigenvalue weighted by Crippen LogP contribution is 2.16. The van der Waals surface area contributed by atoms with Crippen molar-refractivity contribution in [1.29, 1.82) is 0 Å². The molecule has 7 heteroatoms. The molecule has 146 valence electrons.